The molecule has 3 amide bonds. The summed E-state index contributed by atoms with van der Waals surface area (Å²) in [6, 6.07) is 9.05. The second-order valence-corrected chi connectivity index (χ2v) is 6.24. The molecule has 6 nitrogen and oxygen atoms in total. The van der Waals surface area contributed by atoms with Crippen molar-refractivity contribution in [2.24, 2.45) is 0 Å². The highest BCUT2D eigenvalue weighted by Gasteiger charge is 2.38. The van der Waals surface area contributed by atoms with Gasteiger partial charge < -0.3 is 19.9 Å². The number of nitrogens with one attached hydrogen (secondary N) is 1. The number of urea groups is 1. The summed E-state index contributed by atoms with van der Waals surface area (Å²) in [7, 11) is 0. The van der Waals surface area contributed by atoms with Gasteiger partial charge in [-0.15, -0.1) is 0 Å². The van der Waals surface area contributed by atoms with Crippen LogP contribution in [0.1, 0.15) is 26.2 Å². The van der Waals surface area contributed by atoms with Crippen molar-refractivity contribution in [3.05, 3.63) is 30.3 Å². The van der Waals surface area contributed by atoms with Crippen molar-refractivity contribution in [2.45, 2.75) is 38.3 Å². The molecule has 0 saturated carbocycles. The molecule has 2 fully saturated rings. The average Bonchev–Trinajstić information content (AvgIpc) is 3.25. The predicted octanol–water partition coefficient (Wildman–Crippen LogP) is 2.00. The molecule has 0 radical (unpaired) electrons. The molecule has 2 aliphatic heterocycles. The van der Waals surface area contributed by atoms with Crippen LogP contribution in [0.5, 0.6) is 0 Å². The fraction of sp³-hybridized carbons (Fsp3) is 0.556. The van der Waals surface area contributed by atoms with Crippen LogP contribution in [0.4, 0.5) is 10.5 Å². The van der Waals surface area contributed by atoms with Gasteiger partial charge >= 0.3 is 6.03 Å². The van der Waals surface area contributed by atoms with Crippen LogP contribution < -0.4 is 10.2 Å². The summed E-state index contributed by atoms with van der Waals surface area (Å²) < 4.78 is 5.53. The van der Waals surface area contributed by atoms with Crippen molar-refractivity contribution >= 4 is 17.6 Å². The third kappa shape index (κ3) is 3.53. The molecule has 24 heavy (non-hydrogen) atoms. The summed E-state index contributed by atoms with van der Waals surface area (Å²) in [5.41, 5.74) is 0.890. The maximum absolute atomic E-state index is 12.8. The van der Waals surface area contributed by atoms with Gasteiger partial charge in [0.1, 0.15) is 6.04 Å². The number of nitrogens with zero attached hydrogens (tertiary/aromatic N) is 2. The number of carbonyl (C=O) groups excluding carboxylic acids is 2. The lowest BCUT2D eigenvalue weighted by atomic mass is 10.2. The van der Waals surface area contributed by atoms with Gasteiger partial charge in [-0.05, 0) is 38.3 Å². The second-order valence-electron chi connectivity index (χ2n) is 6.24. The lowest BCUT2D eigenvalue weighted by Gasteiger charge is -2.27. The summed E-state index contributed by atoms with van der Waals surface area (Å²) in [6.07, 6.45) is 2.80. The molecule has 0 bridgehead atoms. The molecule has 0 aromatic heterocycles. The number of carbonyl (C=O) groups is 2. The van der Waals surface area contributed by atoms with Gasteiger partial charge in [-0.25, -0.2) is 4.79 Å². The fourth-order valence-electron chi connectivity index (χ4n) is 3.43. The second kappa shape index (κ2) is 7.66. The van der Waals surface area contributed by atoms with Gasteiger partial charge in [0, 0.05) is 31.9 Å². The molecule has 1 N–H and O–H groups in total. The van der Waals surface area contributed by atoms with E-state index in [4.69, 9.17) is 4.74 Å². The minimum Gasteiger partial charge on any atom is -0.376 e. The van der Waals surface area contributed by atoms with Gasteiger partial charge in [-0.3, -0.25) is 4.79 Å². The van der Waals surface area contributed by atoms with Crippen molar-refractivity contribution in [2.75, 3.05) is 31.1 Å². The lowest BCUT2D eigenvalue weighted by Crippen LogP contribution is -2.50. The third-order valence-electron chi connectivity index (χ3n) is 4.73. The number of hydrogen-bond donors (Lipinski definition) is 1. The Hall–Kier alpha value is -2.08. The summed E-state index contributed by atoms with van der Waals surface area (Å²) in [6.45, 7) is 4.34. The molecule has 2 saturated heterocycles. The molecule has 1 aromatic rings. The van der Waals surface area contributed by atoms with E-state index in [1.165, 1.54) is 0 Å². The highest BCUT2D eigenvalue weighted by Crippen LogP contribution is 2.24. The van der Waals surface area contributed by atoms with E-state index in [0.717, 1.165) is 25.1 Å². The van der Waals surface area contributed by atoms with Crippen LogP contribution in [-0.4, -0.2) is 55.2 Å². The van der Waals surface area contributed by atoms with E-state index in [-0.39, 0.29) is 24.1 Å². The van der Waals surface area contributed by atoms with E-state index < -0.39 is 0 Å². The van der Waals surface area contributed by atoms with Crippen molar-refractivity contribution < 1.29 is 14.3 Å². The van der Waals surface area contributed by atoms with Crippen molar-refractivity contribution in [1.29, 1.82) is 0 Å². The molecule has 6 heteroatoms. The standard InChI is InChI=1S/C18H25N3O3/c1-2-20(18(23)19-13-15-9-6-12-24-15)16-10-11-21(17(16)22)14-7-4-3-5-8-14/h3-5,7-8,15-16H,2,6,9-13H2,1H3,(H,19,23)/t15-,16-/m0/s1. The zero-order chi connectivity index (χ0) is 16.9. The first kappa shape index (κ1) is 16.8. The van der Waals surface area contributed by atoms with Crippen LogP contribution in [-0.2, 0) is 9.53 Å². The SMILES string of the molecule is CCN(C(=O)NC[C@@H]1CCCO1)[C@H]1CCN(c2ccccc2)C1=O. The first-order valence-electron chi connectivity index (χ1n) is 8.73. The predicted molar refractivity (Wildman–Crippen MR) is 92.0 cm³/mol. The van der Waals surface area contributed by atoms with Gasteiger partial charge in [-0.1, -0.05) is 18.2 Å². The number of rotatable bonds is 5. The Kier molecular flexibility index (Phi) is 5.35. The molecule has 0 aliphatic carbocycles. The number of likely N-dealkylation sites (N-methyl/N-ethyl adjacent to an activating group) is 1. The summed E-state index contributed by atoms with van der Waals surface area (Å²) in [5, 5.41) is 2.92. The Morgan fingerprint density at radius 2 is 2.12 bits per heavy atom. The maximum atomic E-state index is 12.8. The maximum Gasteiger partial charge on any atom is 0.318 e. The lowest BCUT2D eigenvalue weighted by molar-refractivity contribution is -0.120. The van der Waals surface area contributed by atoms with Crippen LogP contribution in [0.15, 0.2) is 30.3 Å². The van der Waals surface area contributed by atoms with Gasteiger partial charge in [0.05, 0.1) is 6.10 Å². The summed E-state index contributed by atoms with van der Waals surface area (Å²) in [4.78, 5) is 28.6. The number of amides is 3. The van der Waals surface area contributed by atoms with Crippen molar-refractivity contribution in [3.63, 3.8) is 0 Å². The Bertz CT molecular complexity index is 572. The van der Waals surface area contributed by atoms with E-state index >= 15 is 0 Å². The Labute approximate surface area is 142 Å². The Balaban J connectivity index is 1.60. The molecule has 0 spiro atoms. The van der Waals surface area contributed by atoms with Crippen LogP contribution >= 0.6 is 0 Å². The molecule has 1 aromatic carbocycles. The van der Waals surface area contributed by atoms with E-state index in [0.29, 0.717) is 26.1 Å². The normalized spacial score (nSPS) is 23.5. The number of hydrogen-bond acceptors (Lipinski definition) is 3. The van der Waals surface area contributed by atoms with Crippen molar-refractivity contribution in [1.82, 2.24) is 10.2 Å². The summed E-state index contributed by atoms with van der Waals surface area (Å²) in [5.74, 6) is -0.00434. The number of para-hydroxylation sites is 1. The van der Waals surface area contributed by atoms with Gasteiger partial charge in [0.25, 0.3) is 0 Å². The van der Waals surface area contributed by atoms with Crippen LogP contribution in [0, 0.1) is 0 Å². The average molecular weight is 331 g/mol. The molecule has 0 unspecified atom stereocenters. The number of anilines is 1. The third-order valence-corrected chi connectivity index (χ3v) is 4.73. The highest BCUT2D eigenvalue weighted by atomic mass is 16.5. The topological polar surface area (TPSA) is 61.9 Å². The van der Waals surface area contributed by atoms with Gasteiger partial charge in [0.15, 0.2) is 0 Å². The van der Waals surface area contributed by atoms with Crippen molar-refractivity contribution in [3.8, 4) is 0 Å². The van der Waals surface area contributed by atoms with Crippen LogP contribution in [0.2, 0.25) is 0 Å². The van der Waals surface area contributed by atoms with Crippen LogP contribution in [0.25, 0.3) is 0 Å². The monoisotopic (exact) mass is 331 g/mol. The zero-order valence-corrected chi connectivity index (χ0v) is 14.1. The molecule has 2 atom stereocenters. The smallest absolute Gasteiger partial charge is 0.318 e. The van der Waals surface area contributed by atoms with Gasteiger partial charge in [-0.2, -0.15) is 0 Å². The first-order valence-corrected chi connectivity index (χ1v) is 8.73. The van der Waals surface area contributed by atoms with Gasteiger partial charge in [0.2, 0.25) is 5.91 Å². The quantitative estimate of drug-likeness (QED) is 0.898. The molecule has 2 heterocycles. The summed E-state index contributed by atoms with van der Waals surface area (Å²) >= 11 is 0. The first-order chi connectivity index (χ1) is 11.7. The van der Waals surface area contributed by atoms with E-state index in [1.54, 1.807) is 9.80 Å². The van der Waals surface area contributed by atoms with E-state index in [9.17, 15) is 9.59 Å². The molecule has 130 valence electrons. The molecule has 2 aliphatic rings. The Morgan fingerprint density at radius 3 is 2.79 bits per heavy atom. The molecule has 3 rings (SSSR count). The van der Waals surface area contributed by atoms with E-state index in [1.807, 2.05) is 37.3 Å². The number of benzene rings is 1. The Morgan fingerprint density at radius 1 is 1.33 bits per heavy atom. The molecular weight excluding hydrogens is 306 g/mol. The van der Waals surface area contributed by atoms with Crippen LogP contribution in [0.3, 0.4) is 0 Å². The number of ether oxygens (including phenoxy) is 1. The molecular formula is C18H25N3O3. The zero-order valence-electron chi connectivity index (χ0n) is 14.1. The minimum atomic E-state index is -0.389. The van der Waals surface area contributed by atoms with E-state index in [2.05, 4.69) is 5.32 Å². The largest absolute Gasteiger partial charge is 0.376 e. The highest BCUT2D eigenvalue weighted by molar-refractivity contribution is 6.01. The fourth-order valence-corrected chi connectivity index (χ4v) is 3.43. The minimum absolute atomic E-state index is 0.00434.